The minimum Gasteiger partial charge on any atom is -0.396 e. The molecule has 0 aromatic heterocycles. The number of likely N-dealkylation sites (tertiary alicyclic amines) is 1. The molecule has 2 atom stereocenters. The lowest BCUT2D eigenvalue weighted by Crippen LogP contribution is -2.24. The van der Waals surface area contributed by atoms with E-state index in [0.717, 1.165) is 25.9 Å². The Morgan fingerprint density at radius 2 is 2.60 bits per heavy atom. The summed E-state index contributed by atoms with van der Waals surface area (Å²) in [6, 6.07) is 0. The number of aliphatic hydroxyl groups is 1. The number of hydrogen-bond acceptors (Lipinski definition) is 2. The predicted octanol–water partition coefficient (Wildman–Crippen LogP) is -0.543. The number of nitrogens with zero attached hydrogens (tertiary/aromatic N) is 1. The normalized spacial score (nSPS) is 43.3. The van der Waals surface area contributed by atoms with Gasteiger partial charge in [-0.3, -0.25) is 4.79 Å². The fourth-order valence-electron chi connectivity index (χ4n) is 1.96. The van der Waals surface area contributed by atoms with Crippen molar-refractivity contribution >= 4 is 6.41 Å². The summed E-state index contributed by atoms with van der Waals surface area (Å²) in [5.41, 5.74) is 0.126. The number of aliphatic hydroxyl groups excluding tert-OH is 1. The van der Waals surface area contributed by atoms with E-state index in [1.807, 2.05) is 0 Å². The average molecular weight is 141 g/mol. The molecule has 56 valence electrons. The lowest BCUT2D eigenvalue weighted by Gasteiger charge is -2.13. The lowest BCUT2D eigenvalue weighted by molar-refractivity contribution is -0.117. The van der Waals surface area contributed by atoms with Crippen molar-refractivity contribution in [2.24, 2.45) is 11.3 Å². The standard InChI is InChI=1S/C7H11NO2/c9-4-7-1-6(7)2-8(3-7)5-10/h5-6,9H,1-4H2. The van der Waals surface area contributed by atoms with Gasteiger partial charge < -0.3 is 10.0 Å². The van der Waals surface area contributed by atoms with Crippen LogP contribution in [-0.2, 0) is 4.79 Å². The Labute approximate surface area is 59.6 Å². The molecule has 1 amide bonds. The fraction of sp³-hybridized carbons (Fsp3) is 0.857. The molecule has 2 unspecified atom stereocenters. The van der Waals surface area contributed by atoms with Crippen LogP contribution in [0.25, 0.3) is 0 Å². The topological polar surface area (TPSA) is 40.5 Å². The van der Waals surface area contributed by atoms with E-state index in [1.165, 1.54) is 0 Å². The van der Waals surface area contributed by atoms with Crippen molar-refractivity contribution in [2.75, 3.05) is 19.7 Å². The smallest absolute Gasteiger partial charge is 0.209 e. The molecule has 0 bridgehead atoms. The first-order valence-electron chi connectivity index (χ1n) is 3.61. The number of hydrogen-bond donors (Lipinski definition) is 1. The van der Waals surface area contributed by atoms with Crippen LogP contribution in [0.15, 0.2) is 0 Å². The number of amides is 1. The second-order valence-electron chi connectivity index (χ2n) is 3.46. The van der Waals surface area contributed by atoms with Crippen LogP contribution in [0, 0.1) is 11.3 Å². The van der Waals surface area contributed by atoms with E-state index in [1.54, 1.807) is 4.90 Å². The third-order valence-corrected chi connectivity index (χ3v) is 2.80. The number of piperidine rings is 1. The summed E-state index contributed by atoms with van der Waals surface area (Å²) in [5.74, 6) is 0.600. The van der Waals surface area contributed by atoms with Gasteiger partial charge in [-0.1, -0.05) is 0 Å². The molecule has 2 aliphatic rings. The molecule has 1 saturated heterocycles. The maximum atomic E-state index is 10.3. The average Bonchev–Trinajstić information content (AvgIpc) is 2.55. The highest BCUT2D eigenvalue weighted by molar-refractivity contribution is 5.49. The van der Waals surface area contributed by atoms with E-state index in [-0.39, 0.29) is 12.0 Å². The molecule has 1 aliphatic heterocycles. The fourth-order valence-corrected chi connectivity index (χ4v) is 1.96. The van der Waals surface area contributed by atoms with Crippen molar-refractivity contribution in [3.63, 3.8) is 0 Å². The summed E-state index contributed by atoms with van der Waals surface area (Å²) >= 11 is 0. The molecule has 0 radical (unpaired) electrons. The molecule has 2 fully saturated rings. The summed E-state index contributed by atoms with van der Waals surface area (Å²) in [5, 5.41) is 8.94. The minimum absolute atomic E-state index is 0.126. The van der Waals surface area contributed by atoms with Crippen LogP contribution >= 0.6 is 0 Å². The molecule has 0 aromatic carbocycles. The Morgan fingerprint density at radius 1 is 1.80 bits per heavy atom. The molecule has 1 heterocycles. The van der Waals surface area contributed by atoms with Gasteiger partial charge in [0.05, 0.1) is 6.61 Å². The zero-order valence-corrected chi connectivity index (χ0v) is 5.79. The zero-order chi connectivity index (χ0) is 7.19. The van der Waals surface area contributed by atoms with Gasteiger partial charge in [0.2, 0.25) is 6.41 Å². The van der Waals surface area contributed by atoms with E-state index < -0.39 is 0 Å². The first-order chi connectivity index (χ1) is 4.80. The molecule has 3 nitrogen and oxygen atoms in total. The van der Waals surface area contributed by atoms with E-state index in [2.05, 4.69) is 0 Å². The van der Waals surface area contributed by atoms with Crippen LogP contribution in [0.4, 0.5) is 0 Å². The molecule has 0 spiro atoms. The highest BCUT2D eigenvalue weighted by Crippen LogP contribution is 2.56. The predicted molar refractivity (Wildman–Crippen MR) is 35.3 cm³/mol. The Kier molecular flexibility index (Phi) is 1.06. The Bertz CT molecular complexity index is 167. The zero-order valence-electron chi connectivity index (χ0n) is 5.79. The van der Waals surface area contributed by atoms with Crippen molar-refractivity contribution in [1.82, 2.24) is 4.90 Å². The molecule has 1 aliphatic carbocycles. The van der Waals surface area contributed by atoms with Crippen molar-refractivity contribution in [3.05, 3.63) is 0 Å². The molecule has 3 heteroatoms. The van der Waals surface area contributed by atoms with Gasteiger partial charge in [0, 0.05) is 18.5 Å². The van der Waals surface area contributed by atoms with E-state index >= 15 is 0 Å². The van der Waals surface area contributed by atoms with Crippen molar-refractivity contribution in [1.29, 1.82) is 0 Å². The SMILES string of the molecule is O=CN1CC2CC2(CO)C1. The third kappa shape index (κ3) is 0.611. The van der Waals surface area contributed by atoms with Crippen LogP contribution in [0.2, 0.25) is 0 Å². The number of carbonyl (C=O) groups excluding carboxylic acids is 1. The maximum Gasteiger partial charge on any atom is 0.209 e. The van der Waals surface area contributed by atoms with Gasteiger partial charge in [0.15, 0.2) is 0 Å². The first-order valence-corrected chi connectivity index (χ1v) is 3.61. The van der Waals surface area contributed by atoms with E-state index in [4.69, 9.17) is 5.11 Å². The highest BCUT2D eigenvalue weighted by Gasteiger charge is 2.59. The summed E-state index contributed by atoms with van der Waals surface area (Å²) in [7, 11) is 0. The Morgan fingerprint density at radius 3 is 3.00 bits per heavy atom. The lowest BCUT2D eigenvalue weighted by atomic mass is 10.1. The number of carbonyl (C=O) groups is 1. The van der Waals surface area contributed by atoms with Crippen LogP contribution in [0.3, 0.4) is 0 Å². The van der Waals surface area contributed by atoms with Gasteiger partial charge in [0.25, 0.3) is 0 Å². The third-order valence-electron chi connectivity index (χ3n) is 2.80. The second kappa shape index (κ2) is 1.72. The second-order valence-corrected chi connectivity index (χ2v) is 3.46. The van der Waals surface area contributed by atoms with Crippen LogP contribution in [0.1, 0.15) is 6.42 Å². The van der Waals surface area contributed by atoms with Crippen molar-refractivity contribution in [3.8, 4) is 0 Å². The number of rotatable bonds is 2. The molecular weight excluding hydrogens is 130 g/mol. The molecule has 2 rings (SSSR count). The Hall–Kier alpha value is -0.570. The van der Waals surface area contributed by atoms with Crippen LogP contribution < -0.4 is 0 Å². The highest BCUT2D eigenvalue weighted by atomic mass is 16.3. The van der Waals surface area contributed by atoms with Crippen LogP contribution in [-0.4, -0.2) is 36.1 Å². The Balaban J connectivity index is 2.03. The van der Waals surface area contributed by atoms with Gasteiger partial charge in [0.1, 0.15) is 0 Å². The van der Waals surface area contributed by atoms with Gasteiger partial charge in [-0.2, -0.15) is 0 Å². The van der Waals surface area contributed by atoms with Gasteiger partial charge in [-0.05, 0) is 12.3 Å². The summed E-state index contributed by atoms with van der Waals surface area (Å²) < 4.78 is 0. The van der Waals surface area contributed by atoms with Gasteiger partial charge in [-0.15, -0.1) is 0 Å². The summed E-state index contributed by atoms with van der Waals surface area (Å²) in [6.45, 7) is 1.89. The maximum absolute atomic E-state index is 10.3. The quantitative estimate of drug-likeness (QED) is 0.524. The summed E-state index contributed by atoms with van der Waals surface area (Å²) in [6.07, 6.45) is 2.00. The summed E-state index contributed by atoms with van der Waals surface area (Å²) in [4.78, 5) is 12.0. The largest absolute Gasteiger partial charge is 0.396 e. The molecule has 1 saturated carbocycles. The van der Waals surface area contributed by atoms with Crippen LogP contribution in [0.5, 0.6) is 0 Å². The molecule has 0 aromatic rings. The molecular formula is C7H11NO2. The molecule has 10 heavy (non-hydrogen) atoms. The van der Waals surface area contributed by atoms with Gasteiger partial charge >= 0.3 is 0 Å². The monoisotopic (exact) mass is 141 g/mol. The van der Waals surface area contributed by atoms with Gasteiger partial charge in [-0.25, -0.2) is 0 Å². The number of fused-ring (bicyclic) bond motifs is 1. The molecule has 1 N–H and O–H groups in total. The van der Waals surface area contributed by atoms with E-state index in [9.17, 15) is 4.79 Å². The van der Waals surface area contributed by atoms with Crippen molar-refractivity contribution < 1.29 is 9.90 Å². The van der Waals surface area contributed by atoms with Crippen molar-refractivity contribution in [2.45, 2.75) is 6.42 Å². The minimum atomic E-state index is 0.126. The first kappa shape index (κ1) is 6.16. The van der Waals surface area contributed by atoms with E-state index in [0.29, 0.717) is 5.92 Å².